The highest BCUT2D eigenvalue weighted by molar-refractivity contribution is 8.05. The van der Waals surface area contributed by atoms with Crippen LogP contribution in [0, 0.1) is 5.41 Å². The zero-order valence-electron chi connectivity index (χ0n) is 6.50. The lowest BCUT2D eigenvalue weighted by atomic mass is 9.99. The number of hydrogen-bond acceptors (Lipinski definition) is 1. The zero-order valence-corrected chi connectivity index (χ0v) is 7.32. The maximum absolute atomic E-state index is 2.43. The summed E-state index contributed by atoms with van der Waals surface area (Å²) in [6.07, 6.45) is 12.8. The van der Waals surface area contributed by atoms with E-state index in [2.05, 4.69) is 37.3 Å². The summed E-state index contributed by atoms with van der Waals surface area (Å²) in [6, 6.07) is 0. The van der Waals surface area contributed by atoms with Crippen LogP contribution in [0.1, 0.15) is 13.3 Å². The highest BCUT2D eigenvalue weighted by atomic mass is 32.2. The van der Waals surface area contributed by atoms with Crippen LogP contribution < -0.4 is 0 Å². The van der Waals surface area contributed by atoms with Gasteiger partial charge in [-0.2, -0.15) is 0 Å². The molecule has 1 heteroatoms. The van der Waals surface area contributed by atoms with Crippen molar-refractivity contribution in [3.63, 3.8) is 0 Å². The Morgan fingerprint density at radius 2 is 2.18 bits per heavy atom. The van der Waals surface area contributed by atoms with Crippen LogP contribution >= 0.6 is 11.8 Å². The highest BCUT2D eigenvalue weighted by Crippen LogP contribution is 2.74. The first-order valence-electron chi connectivity index (χ1n) is 4.02. The van der Waals surface area contributed by atoms with Crippen molar-refractivity contribution in [3.8, 4) is 0 Å². The molecule has 1 saturated carbocycles. The maximum Gasteiger partial charge on any atom is 0.0524 e. The molecule has 0 N–H and O–H groups in total. The Hall–Kier alpha value is -0.430. The summed E-state index contributed by atoms with van der Waals surface area (Å²) < 4.78 is 0.464. The molecular weight excluding hydrogens is 152 g/mol. The lowest BCUT2D eigenvalue weighted by Gasteiger charge is -2.11. The van der Waals surface area contributed by atoms with Gasteiger partial charge in [0.25, 0.3) is 0 Å². The first-order valence-corrected chi connectivity index (χ1v) is 4.84. The Labute approximate surface area is 71.1 Å². The molecule has 2 aliphatic carbocycles. The molecule has 3 rings (SSSR count). The molecule has 0 aromatic carbocycles. The minimum absolute atomic E-state index is 0.441. The third kappa shape index (κ3) is 0.550. The van der Waals surface area contributed by atoms with E-state index in [1.807, 2.05) is 11.8 Å². The Morgan fingerprint density at radius 3 is 3.00 bits per heavy atom. The van der Waals surface area contributed by atoms with Crippen LogP contribution in [0.3, 0.4) is 0 Å². The summed E-state index contributed by atoms with van der Waals surface area (Å²) in [5.41, 5.74) is 0.441. The maximum atomic E-state index is 2.43. The quantitative estimate of drug-likeness (QED) is 0.527. The Balaban J connectivity index is 2.15. The molecule has 0 aromatic heterocycles. The van der Waals surface area contributed by atoms with Crippen molar-refractivity contribution in [2.45, 2.75) is 18.1 Å². The molecule has 56 valence electrons. The molecule has 0 nitrogen and oxygen atoms in total. The second-order valence-corrected chi connectivity index (χ2v) is 5.26. The summed E-state index contributed by atoms with van der Waals surface area (Å²) >= 11 is 2.04. The fourth-order valence-corrected chi connectivity index (χ4v) is 3.93. The third-order valence-electron chi connectivity index (χ3n) is 2.89. The van der Waals surface area contributed by atoms with Gasteiger partial charge in [-0.3, -0.25) is 0 Å². The van der Waals surface area contributed by atoms with Crippen molar-refractivity contribution in [1.82, 2.24) is 0 Å². The minimum atomic E-state index is 0.441. The molecule has 3 aliphatic rings. The van der Waals surface area contributed by atoms with E-state index in [1.165, 1.54) is 11.3 Å². The lowest BCUT2D eigenvalue weighted by Crippen LogP contribution is -2.07. The van der Waals surface area contributed by atoms with Crippen LogP contribution in [0.2, 0.25) is 0 Å². The van der Waals surface area contributed by atoms with Crippen LogP contribution in [0.5, 0.6) is 0 Å². The van der Waals surface area contributed by atoms with Crippen molar-refractivity contribution in [1.29, 1.82) is 0 Å². The number of allylic oxidation sites excluding steroid dienone is 5. The van der Waals surface area contributed by atoms with Crippen LogP contribution in [-0.4, -0.2) is 4.75 Å². The standard InChI is InChI=1S/C10H10S/c1-8-6-9-4-2-3-5-10(9,7-9)11-8/h2-6H,7H2,1H3. The normalized spacial score (nSPS) is 50.1. The van der Waals surface area contributed by atoms with Gasteiger partial charge in [-0.15, -0.1) is 11.8 Å². The summed E-state index contributed by atoms with van der Waals surface area (Å²) in [5.74, 6) is 0. The summed E-state index contributed by atoms with van der Waals surface area (Å²) in [6.45, 7) is 2.22. The van der Waals surface area contributed by atoms with Crippen LogP contribution in [0.15, 0.2) is 35.3 Å². The average Bonchev–Trinajstić information content (AvgIpc) is 2.47. The van der Waals surface area contributed by atoms with Gasteiger partial charge in [-0.25, -0.2) is 0 Å². The minimum Gasteiger partial charge on any atom is -0.119 e. The summed E-state index contributed by atoms with van der Waals surface area (Å²) in [7, 11) is 0. The van der Waals surface area contributed by atoms with Crippen molar-refractivity contribution < 1.29 is 0 Å². The van der Waals surface area contributed by atoms with E-state index >= 15 is 0 Å². The number of hydrogen-bond donors (Lipinski definition) is 0. The highest BCUT2D eigenvalue weighted by Gasteiger charge is 2.67. The Bertz CT molecular complexity index is 311. The monoisotopic (exact) mass is 162 g/mol. The van der Waals surface area contributed by atoms with Gasteiger partial charge in [0.1, 0.15) is 0 Å². The molecule has 1 aliphatic heterocycles. The Morgan fingerprint density at radius 1 is 1.36 bits per heavy atom. The van der Waals surface area contributed by atoms with Crippen LogP contribution in [-0.2, 0) is 0 Å². The molecule has 1 heterocycles. The second-order valence-electron chi connectivity index (χ2n) is 3.68. The number of rotatable bonds is 0. The molecule has 0 amide bonds. The molecule has 0 aromatic rings. The summed E-state index contributed by atoms with van der Waals surface area (Å²) in [5, 5.41) is 0. The van der Waals surface area contributed by atoms with Crippen LogP contribution in [0.4, 0.5) is 0 Å². The molecule has 0 saturated heterocycles. The van der Waals surface area contributed by atoms with Crippen LogP contribution in [0.25, 0.3) is 0 Å². The molecule has 0 spiro atoms. The molecular formula is C10H10S. The van der Waals surface area contributed by atoms with E-state index in [1.54, 1.807) is 0 Å². The number of thioether (sulfide) groups is 1. The second kappa shape index (κ2) is 1.51. The fraction of sp³-hybridized carbons (Fsp3) is 0.400. The predicted molar refractivity (Wildman–Crippen MR) is 49.4 cm³/mol. The first kappa shape index (κ1) is 6.13. The van der Waals surface area contributed by atoms with E-state index in [9.17, 15) is 0 Å². The zero-order chi connectivity index (χ0) is 7.53. The van der Waals surface area contributed by atoms with Gasteiger partial charge in [0.15, 0.2) is 0 Å². The average molecular weight is 162 g/mol. The van der Waals surface area contributed by atoms with E-state index in [-0.39, 0.29) is 0 Å². The van der Waals surface area contributed by atoms with Gasteiger partial charge in [0, 0.05) is 5.41 Å². The smallest absolute Gasteiger partial charge is 0.0524 e. The van der Waals surface area contributed by atoms with E-state index in [0.29, 0.717) is 10.2 Å². The molecule has 11 heavy (non-hydrogen) atoms. The predicted octanol–water partition coefficient (Wildman–Crippen LogP) is 2.89. The molecule has 2 unspecified atom stereocenters. The van der Waals surface area contributed by atoms with Gasteiger partial charge in [0.2, 0.25) is 0 Å². The topological polar surface area (TPSA) is 0 Å². The van der Waals surface area contributed by atoms with Crippen molar-refractivity contribution in [2.24, 2.45) is 5.41 Å². The molecule has 2 atom stereocenters. The van der Waals surface area contributed by atoms with E-state index in [4.69, 9.17) is 0 Å². The fourth-order valence-electron chi connectivity index (χ4n) is 2.31. The SMILES string of the molecule is CC1=CC23C=CC=CC2(C3)S1. The Kier molecular flexibility index (Phi) is 0.841. The van der Waals surface area contributed by atoms with Crippen molar-refractivity contribution >= 4 is 11.8 Å². The van der Waals surface area contributed by atoms with E-state index in [0.717, 1.165) is 0 Å². The largest absolute Gasteiger partial charge is 0.119 e. The van der Waals surface area contributed by atoms with Gasteiger partial charge < -0.3 is 0 Å². The first-order chi connectivity index (χ1) is 5.27. The van der Waals surface area contributed by atoms with E-state index < -0.39 is 0 Å². The molecule has 1 fully saturated rings. The van der Waals surface area contributed by atoms with Gasteiger partial charge in [-0.05, 0) is 18.2 Å². The van der Waals surface area contributed by atoms with Crippen molar-refractivity contribution in [3.05, 3.63) is 35.3 Å². The lowest BCUT2D eigenvalue weighted by molar-refractivity contribution is 0.818. The van der Waals surface area contributed by atoms with Gasteiger partial charge in [-0.1, -0.05) is 30.4 Å². The third-order valence-corrected chi connectivity index (χ3v) is 4.36. The van der Waals surface area contributed by atoms with Crippen molar-refractivity contribution in [2.75, 3.05) is 0 Å². The molecule has 0 radical (unpaired) electrons. The molecule has 0 bridgehead atoms. The van der Waals surface area contributed by atoms with Gasteiger partial charge in [0.05, 0.1) is 4.75 Å². The van der Waals surface area contributed by atoms with Gasteiger partial charge >= 0.3 is 0 Å². The summed E-state index contributed by atoms with van der Waals surface area (Å²) in [4.78, 5) is 1.49.